The van der Waals surface area contributed by atoms with E-state index in [0.29, 0.717) is 0 Å². The summed E-state index contributed by atoms with van der Waals surface area (Å²) in [6.07, 6.45) is 0. The predicted octanol–water partition coefficient (Wildman–Crippen LogP) is 3.46. The molecule has 6 heteroatoms. The number of epoxide rings is 1. The second-order valence-electron chi connectivity index (χ2n) is 6.19. The molecule has 0 unspecified atom stereocenters. The average molecular weight is 327 g/mol. The van der Waals surface area contributed by atoms with Gasteiger partial charge in [0.1, 0.15) is 12.2 Å². The minimum Gasteiger partial charge on any atom is -0.459 e. The van der Waals surface area contributed by atoms with Gasteiger partial charge in [-0.2, -0.15) is 0 Å². The van der Waals surface area contributed by atoms with Gasteiger partial charge in [0.25, 0.3) is 5.69 Å². The van der Waals surface area contributed by atoms with Gasteiger partial charge < -0.3 is 9.47 Å². The number of rotatable bonds is 5. The lowest BCUT2D eigenvalue weighted by Gasteiger charge is -2.16. The Morgan fingerprint density at radius 2 is 1.71 bits per heavy atom. The molecule has 0 aromatic heterocycles. The van der Waals surface area contributed by atoms with Gasteiger partial charge >= 0.3 is 5.97 Å². The Balaban J connectivity index is 1.72. The zero-order valence-corrected chi connectivity index (χ0v) is 13.4. The molecule has 1 heterocycles. The van der Waals surface area contributed by atoms with Crippen molar-refractivity contribution in [2.75, 3.05) is 6.61 Å². The summed E-state index contributed by atoms with van der Waals surface area (Å²) in [5.74, 6) is -0.536. The van der Waals surface area contributed by atoms with Crippen molar-refractivity contribution in [3.05, 3.63) is 75.8 Å². The Morgan fingerprint density at radius 1 is 1.12 bits per heavy atom. The molecule has 0 aliphatic carbocycles. The third-order valence-corrected chi connectivity index (χ3v) is 4.32. The van der Waals surface area contributed by atoms with Crippen LogP contribution in [-0.2, 0) is 15.1 Å². The number of carbonyl (C=O) groups excluding carboxylic acids is 1. The van der Waals surface area contributed by atoms with E-state index in [-0.39, 0.29) is 17.9 Å². The second-order valence-corrected chi connectivity index (χ2v) is 6.19. The first-order valence-corrected chi connectivity index (χ1v) is 7.53. The lowest BCUT2D eigenvalue weighted by atomic mass is 9.89. The van der Waals surface area contributed by atoms with E-state index in [1.54, 1.807) is 0 Å². The first-order valence-electron chi connectivity index (χ1n) is 7.53. The van der Waals surface area contributed by atoms with Gasteiger partial charge in [0.05, 0.1) is 10.5 Å². The maximum Gasteiger partial charge on any atom is 0.338 e. The summed E-state index contributed by atoms with van der Waals surface area (Å²) < 4.78 is 11.3. The van der Waals surface area contributed by atoms with E-state index < -0.39 is 22.1 Å². The number of carbonyl (C=O) groups is 1. The molecule has 2 aromatic rings. The third kappa shape index (κ3) is 2.76. The van der Waals surface area contributed by atoms with E-state index in [9.17, 15) is 14.9 Å². The number of nitrogens with zero attached hydrogens (tertiary/aromatic N) is 1. The van der Waals surface area contributed by atoms with Gasteiger partial charge in [-0.1, -0.05) is 30.3 Å². The average Bonchev–Trinajstić information content (AvgIpc) is 3.16. The first kappa shape index (κ1) is 16.1. The van der Waals surface area contributed by atoms with Crippen molar-refractivity contribution in [3.63, 3.8) is 0 Å². The Morgan fingerprint density at radius 3 is 2.21 bits per heavy atom. The highest BCUT2D eigenvalue weighted by Crippen LogP contribution is 2.55. The lowest BCUT2D eigenvalue weighted by Crippen LogP contribution is -2.26. The van der Waals surface area contributed by atoms with E-state index in [2.05, 4.69) is 0 Å². The van der Waals surface area contributed by atoms with Crippen molar-refractivity contribution in [2.24, 2.45) is 0 Å². The zero-order chi connectivity index (χ0) is 17.4. The van der Waals surface area contributed by atoms with E-state index in [1.807, 2.05) is 44.2 Å². The topological polar surface area (TPSA) is 82.0 Å². The van der Waals surface area contributed by atoms with Crippen molar-refractivity contribution in [1.82, 2.24) is 0 Å². The minimum atomic E-state index is -0.662. The second kappa shape index (κ2) is 5.72. The standard InChI is InChI=1S/C18H17NO5/c1-17(2)18(24-17,14-6-4-3-5-7-14)12-23-16(20)13-8-10-15(11-9-13)19(21)22/h3-11H,12H2,1-2H3/t18-/m1/s1. The summed E-state index contributed by atoms with van der Waals surface area (Å²) in [5.41, 5.74) is 0.0576. The van der Waals surface area contributed by atoms with Gasteiger partial charge in [0, 0.05) is 12.1 Å². The van der Waals surface area contributed by atoms with Crippen LogP contribution in [-0.4, -0.2) is 23.1 Å². The fourth-order valence-corrected chi connectivity index (χ4v) is 2.78. The molecule has 1 aliphatic heterocycles. The smallest absolute Gasteiger partial charge is 0.338 e. The number of non-ortho nitro benzene ring substituents is 1. The van der Waals surface area contributed by atoms with Crippen LogP contribution in [0.25, 0.3) is 0 Å². The summed E-state index contributed by atoms with van der Waals surface area (Å²) in [6, 6.07) is 14.9. The quantitative estimate of drug-likeness (QED) is 0.363. The van der Waals surface area contributed by atoms with Crippen molar-refractivity contribution < 1.29 is 19.2 Å². The molecule has 3 rings (SSSR count). The molecule has 0 radical (unpaired) electrons. The van der Waals surface area contributed by atoms with E-state index in [4.69, 9.17) is 9.47 Å². The fourth-order valence-electron chi connectivity index (χ4n) is 2.78. The summed E-state index contributed by atoms with van der Waals surface area (Å²) in [6.45, 7) is 3.97. The van der Waals surface area contributed by atoms with Crippen LogP contribution in [0.5, 0.6) is 0 Å². The van der Waals surface area contributed by atoms with Gasteiger partial charge in [-0.3, -0.25) is 10.1 Å². The molecular formula is C18H17NO5. The largest absolute Gasteiger partial charge is 0.459 e. The minimum absolute atomic E-state index is 0.0704. The lowest BCUT2D eigenvalue weighted by molar-refractivity contribution is -0.384. The van der Waals surface area contributed by atoms with Gasteiger partial charge in [0.15, 0.2) is 5.60 Å². The Labute approximate surface area is 139 Å². The number of nitro benzene ring substituents is 1. The molecular weight excluding hydrogens is 310 g/mol. The molecule has 0 N–H and O–H groups in total. The van der Waals surface area contributed by atoms with Crippen molar-refractivity contribution in [1.29, 1.82) is 0 Å². The van der Waals surface area contributed by atoms with Crippen LogP contribution in [0.1, 0.15) is 29.8 Å². The van der Waals surface area contributed by atoms with Crippen LogP contribution in [0.15, 0.2) is 54.6 Å². The normalized spacial score (nSPS) is 21.1. The van der Waals surface area contributed by atoms with Crippen LogP contribution in [0, 0.1) is 10.1 Å². The molecule has 0 amide bonds. The maximum atomic E-state index is 12.2. The molecule has 0 saturated carbocycles. The van der Waals surface area contributed by atoms with Crippen LogP contribution in [0.4, 0.5) is 5.69 Å². The predicted molar refractivity (Wildman–Crippen MR) is 86.7 cm³/mol. The Hall–Kier alpha value is -2.73. The van der Waals surface area contributed by atoms with Gasteiger partial charge in [-0.05, 0) is 31.5 Å². The van der Waals surface area contributed by atoms with Crippen molar-refractivity contribution >= 4 is 11.7 Å². The van der Waals surface area contributed by atoms with E-state index in [1.165, 1.54) is 24.3 Å². The molecule has 1 fully saturated rings. The molecule has 0 spiro atoms. The van der Waals surface area contributed by atoms with Crippen molar-refractivity contribution in [3.8, 4) is 0 Å². The summed E-state index contributed by atoms with van der Waals surface area (Å²) in [5, 5.41) is 10.6. The molecule has 6 nitrogen and oxygen atoms in total. The number of ether oxygens (including phenoxy) is 2. The Kier molecular flexibility index (Phi) is 3.85. The highest BCUT2D eigenvalue weighted by molar-refractivity contribution is 5.89. The maximum absolute atomic E-state index is 12.2. The monoisotopic (exact) mass is 327 g/mol. The number of esters is 1. The molecule has 124 valence electrons. The van der Waals surface area contributed by atoms with Crippen LogP contribution in [0.3, 0.4) is 0 Å². The Bertz CT molecular complexity index is 770. The number of benzene rings is 2. The van der Waals surface area contributed by atoms with Crippen molar-refractivity contribution in [2.45, 2.75) is 25.0 Å². The summed E-state index contributed by atoms with van der Waals surface area (Å²) >= 11 is 0. The SMILES string of the molecule is CC1(C)O[C@]1(COC(=O)c1ccc([N+](=O)[O-])cc1)c1ccccc1. The van der Waals surface area contributed by atoms with Crippen LogP contribution in [0.2, 0.25) is 0 Å². The molecule has 0 bridgehead atoms. The van der Waals surface area contributed by atoms with Crippen LogP contribution >= 0.6 is 0 Å². The molecule has 24 heavy (non-hydrogen) atoms. The number of nitro groups is 1. The van der Waals surface area contributed by atoms with Gasteiger partial charge in [-0.15, -0.1) is 0 Å². The molecule has 1 aliphatic rings. The number of hydrogen-bond acceptors (Lipinski definition) is 5. The van der Waals surface area contributed by atoms with E-state index >= 15 is 0 Å². The molecule has 1 saturated heterocycles. The third-order valence-electron chi connectivity index (χ3n) is 4.32. The molecule has 2 aromatic carbocycles. The highest BCUT2D eigenvalue weighted by atomic mass is 16.7. The first-order chi connectivity index (χ1) is 11.4. The van der Waals surface area contributed by atoms with Crippen LogP contribution < -0.4 is 0 Å². The summed E-state index contributed by atoms with van der Waals surface area (Å²) in [4.78, 5) is 22.3. The highest BCUT2D eigenvalue weighted by Gasteiger charge is 2.65. The zero-order valence-electron chi connectivity index (χ0n) is 13.4. The van der Waals surface area contributed by atoms with Gasteiger partial charge in [-0.25, -0.2) is 4.79 Å². The number of hydrogen-bond donors (Lipinski definition) is 0. The summed E-state index contributed by atoms with van der Waals surface area (Å²) in [7, 11) is 0. The fraction of sp³-hybridized carbons (Fsp3) is 0.278. The van der Waals surface area contributed by atoms with E-state index in [0.717, 1.165) is 5.56 Å². The van der Waals surface area contributed by atoms with Gasteiger partial charge in [0.2, 0.25) is 0 Å². The molecule has 1 atom stereocenters.